The van der Waals surface area contributed by atoms with E-state index in [4.69, 9.17) is 4.99 Å². The molecule has 0 N–H and O–H groups in total. The van der Waals surface area contributed by atoms with Crippen LogP contribution in [0.15, 0.2) is 115 Å². The van der Waals surface area contributed by atoms with E-state index in [1.165, 1.54) is 6.07 Å². The van der Waals surface area contributed by atoms with Crippen LogP contribution in [-0.4, -0.2) is 20.2 Å². The predicted octanol–water partition coefficient (Wildman–Crippen LogP) is 7.34. The van der Waals surface area contributed by atoms with Gasteiger partial charge in [0.05, 0.1) is 28.9 Å². The first kappa shape index (κ1) is 23.2. The van der Waals surface area contributed by atoms with Gasteiger partial charge in [-0.05, 0) is 18.2 Å². The molecule has 36 heavy (non-hydrogen) atoms. The van der Waals surface area contributed by atoms with Gasteiger partial charge in [-0.25, -0.2) is 9.98 Å². The van der Waals surface area contributed by atoms with E-state index in [2.05, 4.69) is 9.97 Å². The molecule has 3 aromatic carbocycles. The van der Waals surface area contributed by atoms with Crippen molar-refractivity contribution in [3.8, 4) is 22.6 Å². The summed E-state index contributed by atoms with van der Waals surface area (Å²) in [5.74, 6) is 0.577. The van der Waals surface area contributed by atoms with Crippen LogP contribution in [0.2, 0.25) is 0 Å². The Labute approximate surface area is 206 Å². The number of aromatic nitrogens is 3. The molecule has 0 fully saturated rings. The molecule has 0 spiro atoms. The van der Waals surface area contributed by atoms with Crippen molar-refractivity contribution in [2.45, 2.75) is 6.18 Å². The van der Waals surface area contributed by atoms with E-state index in [9.17, 15) is 13.2 Å². The van der Waals surface area contributed by atoms with Crippen molar-refractivity contribution in [2.24, 2.45) is 12.0 Å². The smallest absolute Gasteiger partial charge is 0.333 e. The van der Waals surface area contributed by atoms with Gasteiger partial charge in [-0.3, -0.25) is 4.98 Å². The number of nitrogens with zero attached hydrogens (tertiary/aromatic N) is 4. The van der Waals surface area contributed by atoms with Crippen LogP contribution in [0.1, 0.15) is 16.7 Å². The second-order valence-electron chi connectivity index (χ2n) is 8.26. The van der Waals surface area contributed by atoms with Crippen LogP contribution in [-0.2, 0) is 13.2 Å². The highest BCUT2D eigenvalue weighted by molar-refractivity contribution is 6.13. The fourth-order valence-electron chi connectivity index (χ4n) is 3.96. The number of halogens is 3. The largest absolute Gasteiger partial charge is 0.416 e. The highest BCUT2D eigenvalue weighted by atomic mass is 19.4. The second kappa shape index (κ2) is 9.62. The first-order valence-electron chi connectivity index (χ1n) is 11.2. The van der Waals surface area contributed by atoms with Crippen molar-refractivity contribution < 1.29 is 13.2 Å². The first-order chi connectivity index (χ1) is 17.4. The third-order valence-electron chi connectivity index (χ3n) is 5.68. The molecule has 2 aromatic heterocycles. The summed E-state index contributed by atoms with van der Waals surface area (Å²) >= 11 is 0. The summed E-state index contributed by atoms with van der Waals surface area (Å²) < 4.78 is 41.3. The van der Waals surface area contributed by atoms with E-state index in [-0.39, 0.29) is 0 Å². The Morgan fingerprint density at radius 3 is 2.08 bits per heavy atom. The fourth-order valence-corrected chi connectivity index (χ4v) is 3.96. The minimum Gasteiger partial charge on any atom is -0.333 e. The number of hydrogen-bond acceptors (Lipinski definition) is 3. The van der Waals surface area contributed by atoms with Gasteiger partial charge in [-0.2, -0.15) is 13.2 Å². The van der Waals surface area contributed by atoms with Gasteiger partial charge >= 0.3 is 6.18 Å². The summed E-state index contributed by atoms with van der Waals surface area (Å²) in [4.78, 5) is 13.9. The zero-order valence-corrected chi connectivity index (χ0v) is 19.3. The summed E-state index contributed by atoms with van der Waals surface area (Å²) in [6.45, 7) is 0. The standard InChI is InChI=1S/C29H21F3N4/c1-36-19-26(22-13-8-14-24(15-22)29(30,31)32)35-28(36)23-16-25(18-33-17-23)34-27(20-9-4-2-5-10-20)21-11-6-3-7-12-21/h2-19H,1H3. The molecule has 0 unspecified atom stereocenters. The molecule has 0 aliphatic carbocycles. The van der Waals surface area contributed by atoms with Crippen LogP contribution in [0.3, 0.4) is 0 Å². The third-order valence-corrected chi connectivity index (χ3v) is 5.68. The van der Waals surface area contributed by atoms with E-state index >= 15 is 0 Å². The molecule has 0 bridgehead atoms. The molecule has 5 aromatic rings. The van der Waals surface area contributed by atoms with Gasteiger partial charge in [-0.15, -0.1) is 0 Å². The molecule has 0 aliphatic rings. The van der Waals surface area contributed by atoms with Crippen molar-refractivity contribution in [2.75, 3.05) is 0 Å². The van der Waals surface area contributed by atoms with Crippen LogP contribution in [0.25, 0.3) is 22.6 Å². The van der Waals surface area contributed by atoms with Gasteiger partial charge in [-0.1, -0.05) is 72.8 Å². The topological polar surface area (TPSA) is 43.1 Å². The monoisotopic (exact) mass is 482 g/mol. The van der Waals surface area contributed by atoms with Crippen molar-refractivity contribution in [3.05, 3.63) is 126 Å². The molecule has 0 saturated carbocycles. The van der Waals surface area contributed by atoms with Crippen molar-refractivity contribution in [1.82, 2.24) is 14.5 Å². The number of rotatable bonds is 5. The minimum atomic E-state index is -4.42. The Morgan fingerprint density at radius 1 is 0.778 bits per heavy atom. The summed E-state index contributed by atoms with van der Waals surface area (Å²) in [5.41, 5.74) is 4.22. The molecule has 7 heteroatoms. The molecule has 0 amide bonds. The molecule has 0 radical (unpaired) electrons. The number of imidazole rings is 1. The van der Waals surface area contributed by atoms with Crippen LogP contribution < -0.4 is 0 Å². The molecule has 2 heterocycles. The quantitative estimate of drug-likeness (QED) is 0.246. The normalized spacial score (nSPS) is 11.3. The molecule has 0 atom stereocenters. The average molecular weight is 483 g/mol. The number of hydrogen-bond donors (Lipinski definition) is 0. The lowest BCUT2D eigenvalue weighted by Gasteiger charge is -2.08. The van der Waals surface area contributed by atoms with E-state index in [0.29, 0.717) is 28.3 Å². The van der Waals surface area contributed by atoms with Gasteiger partial charge in [0.15, 0.2) is 0 Å². The summed E-state index contributed by atoms with van der Waals surface area (Å²) in [5, 5.41) is 0. The van der Waals surface area contributed by atoms with E-state index in [1.807, 2.05) is 66.7 Å². The van der Waals surface area contributed by atoms with Gasteiger partial charge < -0.3 is 4.57 Å². The number of benzene rings is 3. The maximum Gasteiger partial charge on any atom is 0.416 e. The van der Waals surface area contributed by atoms with Crippen molar-refractivity contribution >= 4 is 11.4 Å². The van der Waals surface area contributed by atoms with Crippen LogP contribution in [0, 0.1) is 0 Å². The SMILES string of the molecule is Cn1cc(-c2cccc(C(F)(F)F)c2)nc1-c1cncc(N=C(c2ccccc2)c2ccccc2)c1. The third kappa shape index (κ3) is 4.95. The lowest BCUT2D eigenvalue weighted by molar-refractivity contribution is -0.137. The van der Waals surface area contributed by atoms with Crippen molar-refractivity contribution in [1.29, 1.82) is 0 Å². The zero-order valence-electron chi connectivity index (χ0n) is 19.3. The number of alkyl halides is 3. The van der Waals surface area contributed by atoms with Gasteiger partial charge in [0.25, 0.3) is 0 Å². The second-order valence-corrected chi connectivity index (χ2v) is 8.26. The number of aliphatic imine (C=N–C) groups is 1. The number of aryl methyl sites for hydroxylation is 1. The predicted molar refractivity (Wildman–Crippen MR) is 135 cm³/mol. The Bertz CT molecular complexity index is 1480. The Morgan fingerprint density at radius 2 is 1.44 bits per heavy atom. The van der Waals surface area contributed by atoms with Gasteiger partial charge in [0.2, 0.25) is 0 Å². The van der Waals surface area contributed by atoms with Crippen molar-refractivity contribution in [3.63, 3.8) is 0 Å². The first-order valence-corrected chi connectivity index (χ1v) is 11.2. The summed E-state index contributed by atoms with van der Waals surface area (Å²) in [6, 6.07) is 26.8. The molecule has 4 nitrogen and oxygen atoms in total. The molecule has 0 aliphatic heterocycles. The van der Waals surface area contributed by atoms with Gasteiger partial charge in [0, 0.05) is 41.7 Å². The maximum absolute atomic E-state index is 13.2. The van der Waals surface area contributed by atoms with E-state index < -0.39 is 11.7 Å². The molecule has 5 rings (SSSR count). The van der Waals surface area contributed by atoms with Crippen LogP contribution >= 0.6 is 0 Å². The van der Waals surface area contributed by atoms with Gasteiger partial charge in [0.1, 0.15) is 5.82 Å². The lowest BCUT2D eigenvalue weighted by atomic mass is 10.0. The Kier molecular flexibility index (Phi) is 6.21. The fraction of sp³-hybridized carbons (Fsp3) is 0.0690. The zero-order chi connectivity index (χ0) is 25.1. The summed E-state index contributed by atoms with van der Waals surface area (Å²) in [6.07, 6.45) is 0.632. The molecular weight excluding hydrogens is 461 g/mol. The highest BCUT2D eigenvalue weighted by Crippen LogP contribution is 2.33. The molecule has 0 saturated heterocycles. The molecular formula is C29H21F3N4. The molecule has 178 valence electrons. The summed E-state index contributed by atoms with van der Waals surface area (Å²) in [7, 11) is 1.80. The lowest BCUT2D eigenvalue weighted by Crippen LogP contribution is -2.04. The Hall–Kier alpha value is -4.52. The number of pyridine rings is 1. The van der Waals surface area contributed by atoms with Crippen LogP contribution in [0.4, 0.5) is 18.9 Å². The van der Waals surface area contributed by atoms with Crippen LogP contribution in [0.5, 0.6) is 0 Å². The maximum atomic E-state index is 13.2. The highest BCUT2D eigenvalue weighted by Gasteiger charge is 2.30. The minimum absolute atomic E-state index is 0.393. The van der Waals surface area contributed by atoms with E-state index in [1.54, 1.807) is 36.3 Å². The van der Waals surface area contributed by atoms with E-state index in [0.717, 1.165) is 29.0 Å². The Balaban J connectivity index is 1.54. The average Bonchev–Trinajstić information content (AvgIpc) is 3.30.